The van der Waals surface area contributed by atoms with Gasteiger partial charge in [-0.05, 0) is 0 Å². The molecule has 6 nitrogen and oxygen atoms in total. The zero-order valence-electron chi connectivity index (χ0n) is 4.89. The zero-order chi connectivity index (χ0) is 7.11. The van der Waals surface area contributed by atoms with Gasteiger partial charge in [-0.15, -0.1) is 0 Å². The number of nitrogens with zero attached hydrogens (tertiary/aromatic N) is 1. The molecule has 0 aliphatic rings. The largest absolute Gasteiger partial charge is 0.383 e. The van der Waals surface area contributed by atoms with Gasteiger partial charge >= 0.3 is 0 Å². The van der Waals surface area contributed by atoms with Crippen LogP contribution in [0.25, 0.3) is 0 Å². The second kappa shape index (κ2) is 4.72. The van der Waals surface area contributed by atoms with Crippen LogP contribution >= 0.6 is 0 Å². The Morgan fingerprint density at radius 2 is 2.33 bits per heavy atom. The molecule has 0 saturated carbocycles. The Labute approximate surface area is 52.9 Å². The van der Waals surface area contributed by atoms with Gasteiger partial charge in [-0.25, -0.2) is 5.53 Å². The predicted octanol–water partition coefficient (Wildman–Crippen LogP) is -2.08. The molecule has 0 saturated heterocycles. The van der Waals surface area contributed by atoms with Gasteiger partial charge in [0.05, 0.1) is 6.20 Å². The summed E-state index contributed by atoms with van der Waals surface area (Å²) in [7, 11) is 0. The van der Waals surface area contributed by atoms with E-state index in [1.807, 2.05) is 0 Å². The molecule has 9 heavy (non-hydrogen) atoms. The van der Waals surface area contributed by atoms with Crippen LogP contribution in [0.5, 0.6) is 0 Å². The third-order valence-electron chi connectivity index (χ3n) is 0.518. The van der Waals surface area contributed by atoms with Crippen LogP contribution in [0.4, 0.5) is 0 Å². The van der Waals surface area contributed by atoms with Crippen LogP contribution in [0.2, 0.25) is 0 Å². The topological polar surface area (TPSA) is 100 Å². The number of hydrazone groups is 1. The molecule has 0 aromatic rings. The van der Waals surface area contributed by atoms with Crippen molar-refractivity contribution in [1.82, 2.24) is 16.4 Å². The fourth-order valence-corrected chi connectivity index (χ4v) is 0.230. The second-order valence-electron chi connectivity index (χ2n) is 1.16. The van der Waals surface area contributed by atoms with Crippen LogP contribution in [0.15, 0.2) is 17.1 Å². The lowest BCUT2D eigenvalue weighted by molar-refractivity contribution is 0.627. The highest BCUT2D eigenvalue weighted by atomic mass is 15.6. The third kappa shape index (κ3) is 4.42. The van der Waals surface area contributed by atoms with E-state index in [-0.39, 0.29) is 0 Å². The minimum absolute atomic E-state index is 0.324. The van der Waals surface area contributed by atoms with Crippen LogP contribution in [0, 0.1) is 0 Å². The van der Waals surface area contributed by atoms with Crippen LogP contribution in [-0.2, 0) is 0 Å². The fourth-order valence-electron chi connectivity index (χ4n) is 0.230. The summed E-state index contributed by atoms with van der Waals surface area (Å²) in [5, 5.41) is 3.26. The molecule has 0 aliphatic heterocycles. The van der Waals surface area contributed by atoms with Gasteiger partial charge in [-0.2, -0.15) is 5.10 Å². The van der Waals surface area contributed by atoms with Crippen molar-refractivity contribution in [1.29, 1.82) is 0 Å². The Morgan fingerprint density at radius 1 is 1.67 bits per heavy atom. The Kier molecular flexibility index (Phi) is 3.97. The molecule has 0 fully saturated rings. The molecule has 7 N–H and O–H groups in total. The molecule has 52 valence electrons. The summed E-state index contributed by atoms with van der Waals surface area (Å²) in [5.74, 6) is 5.20. The normalized spacial score (nSPS) is 10.1. The maximum atomic E-state index is 5.23. The van der Waals surface area contributed by atoms with Crippen molar-refractivity contribution >= 4 is 6.72 Å². The molecule has 6 heteroatoms. The average Bonchev–Trinajstić information content (AvgIpc) is 1.85. The van der Waals surface area contributed by atoms with Crippen LogP contribution in [-0.4, -0.2) is 6.72 Å². The van der Waals surface area contributed by atoms with Gasteiger partial charge < -0.3 is 11.2 Å². The van der Waals surface area contributed by atoms with E-state index < -0.39 is 0 Å². The van der Waals surface area contributed by atoms with E-state index in [1.54, 1.807) is 0 Å². The summed E-state index contributed by atoms with van der Waals surface area (Å²) in [6, 6.07) is 0. The maximum absolute atomic E-state index is 5.23. The van der Waals surface area contributed by atoms with Gasteiger partial charge in [-0.1, -0.05) is 0 Å². The Morgan fingerprint density at radius 3 is 2.78 bits per heavy atom. The van der Waals surface area contributed by atoms with E-state index in [1.165, 1.54) is 6.20 Å². The van der Waals surface area contributed by atoms with Crippen LogP contribution in [0.3, 0.4) is 0 Å². The molecule has 0 aromatic carbocycles. The first-order valence-corrected chi connectivity index (χ1v) is 2.19. The smallest absolute Gasteiger partial charge is 0.134 e. The predicted molar refractivity (Wildman–Crippen MR) is 35.4 cm³/mol. The highest BCUT2D eigenvalue weighted by Crippen LogP contribution is 1.64. The first-order chi connectivity index (χ1) is 4.31. The molecule has 0 unspecified atom stereocenters. The molecule has 0 amide bonds. The van der Waals surface area contributed by atoms with Gasteiger partial charge in [0.15, 0.2) is 0 Å². The minimum Gasteiger partial charge on any atom is -0.383 e. The molecule has 0 rings (SSSR count). The quantitative estimate of drug-likeness (QED) is 0.171. The molecule has 0 aliphatic carbocycles. The number of nitrogens with one attached hydrogen (secondary N) is 3. The molecule has 0 aromatic heterocycles. The summed E-state index contributed by atoms with van der Waals surface area (Å²) < 4.78 is 0. The fraction of sp³-hybridized carbons (Fsp3) is 0. The van der Waals surface area contributed by atoms with E-state index in [0.717, 1.165) is 0 Å². The zero-order valence-corrected chi connectivity index (χ0v) is 4.89. The molecule has 0 heterocycles. The van der Waals surface area contributed by atoms with Gasteiger partial charge in [0.1, 0.15) is 5.82 Å². The molecule has 0 spiro atoms. The van der Waals surface area contributed by atoms with Crippen molar-refractivity contribution in [2.45, 2.75) is 0 Å². The Balaban J connectivity index is 3.36. The first-order valence-electron chi connectivity index (χ1n) is 2.19. The lowest BCUT2D eigenvalue weighted by Crippen LogP contribution is -2.32. The van der Waals surface area contributed by atoms with E-state index in [9.17, 15) is 0 Å². The minimum atomic E-state index is 0.324. The first kappa shape index (κ1) is 7.57. The summed E-state index contributed by atoms with van der Waals surface area (Å²) >= 11 is 0. The number of hydrazine groups is 2. The van der Waals surface area contributed by atoms with Gasteiger partial charge in [0, 0.05) is 6.72 Å². The van der Waals surface area contributed by atoms with E-state index >= 15 is 0 Å². The molecule has 0 bridgehead atoms. The monoisotopic (exact) mass is 130 g/mol. The molecular weight excluding hydrogens is 120 g/mol. The number of rotatable bonds is 4. The second-order valence-corrected chi connectivity index (χ2v) is 1.16. The molecular formula is C3H10N6. The summed E-state index contributed by atoms with van der Waals surface area (Å²) in [6.45, 7) is 3.13. The van der Waals surface area contributed by atoms with Crippen molar-refractivity contribution in [3.05, 3.63) is 12.0 Å². The van der Waals surface area contributed by atoms with E-state index in [2.05, 4.69) is 28.2 Å². The number of nitrogens with two attached hydrogens (primary N) is 2. The summed E-state index contributed by atoms with van der Waals surface area (Å²) in [6.07, 6.45) is 1.36. The third-order valence-corrected chi connectivity index (χ3v) is 0.518. The highest BCUT2D eigenvalue weighted by molar-refractivity contribution is 5.22. The average molecular weight is 130 g/mol. The molecule has 0 radical (unpaired) electrons. The van der Waals surface area contributed by atoms with E-state index in [4.69, 9.17) is 11.6 Å². The Bertz CT molecular complexity index is 107. The van der Waals surface area contributed by atoms with Crippen molar-refractivity contribution < 1.29 is 0 Å². The van der Waals surface area contributed by atoms with Crippen LogP contribution in [0.1, 0.15) is 0 Å². The summed E-state index contributed by atoms with van der Waals surface area (Å²) in [5.41, 5.74) is 12.2. The number of hydrogen-bond donors (Lipinski definition) is 5. The maximum Gasteiger partial charge on any atom is 0.134 e. The van der Waals surface area contributed by atoms with Gasteiger partial charge in [0.25, 0.3) is 0 Å². The molecule has 0 atom stereocenters. The van der Waals surface area contributed by atoms with Crippen molar-refractivity contribution in [2.75, 3.05) is 0 Å². The van der Waals surface area contributed by atoms with Crippen molar-refractivity contribution in [2.24, 2.45) is 16.7 Å². The number of hydrogen-bond acceptors (Lipinski definition) is 6. The standard InChI is InChI=1S/C3H10N6/c1-6-9-8-3(4)2-7-5/h2,7-9H,1,4-5H2/b3-2+. The highest BCUT2D eigenvalue weighted by Gasteiger charge is 1.79. The summed E-state index contributed by atoms with van der Waals surface area (Å²) in [4.78, 5) is 0. The van der Waals surface area contributed by atoms with E-state index in [0.29, 0.717) is 5.82 Å². The van der Waals surface area contributed by atoms with Gasteiger partial charge in [-0.3, -0.25) is 11.3 Å². The van der Waals surface area contributed by atoms with Crippen LogP contribution < -0.4 is 28.0 Å². The lowest BCUT2D eigenvalue weighted by Gasteiger charge is -2.02. The lowest BCUT2D eigenvalue weighted by atomic mass is 10.8. The van der Waals surface area contributed by atoms with Gasteiger partial charge in [0.2, 0.25) is 0 Å². The Hall–Kier alpha value is -1.43. The van der Waals surface area contributed by atoms with Crippen molar-refractivity contribution in [3.8, 4) is 0 Å². The SMILES string of the molecule is C=NNN/C(N)=C/NN. The van der Waals surface area contributed by atoms with Crippen molar-refractivity contribution in [3.63, 3.8) is 0 Å².